The van der Waals surface area contributed by atoms with Gasteiger partial charge in [0.2, 0.25) is 0 Å². The molecular formula is C21H27NO2. The lowest BCUT2D eigenvalue weighted by Crippen LogP contribution is -2.24. The Morgan fingerprint density at radius 2 is 1.54 bits per heavy atom. The summed E-state index contributed by atoms with van der Waals surface area (Å²) >= 11 is 0. The van der Waals surface area contributed by atoms with Crippen LogP contribution in [0.4, 0.5) is 0 Å². The molecule has 0 spiro atoms. The summed E-state index contributed by atoms with van der Waals surface area (Å²) < 4.78 is 10.7. The van der Waals surface area contributed by atoms with Gasteiger partial charge in [-0.1, -0.05) is 38.1 Å². The Bertz CT molecular complexity index is 675. The van der Waals surface area contributed by atoms with Gasteiger partial charge in [0.25, 0.3) is 0 Å². The second kappa shape index (κ2) is 9.14. The van der Waals surface area contributed by atoms with Crippen molar-refractivity contribution in [1.29, 1.82) is 0 Å². The van der Waals surface area contributed by atoms with Gasteiger partial charge >= 0.3 is 0 Å². The zero-order valence-corrected chi connectivity index (χ0v) is 15.1. The maximum absolute atomic E-state index is 5.39. The first-order chi connectivity index (χ1) is 11.7. The summed E-state index contributed by atoms with van der Waals surface area (Å²) in [6.07, 6.45) is 2.23. The van der Waals surface area contributed by atoms with Crippen molar-refractivity contribution >= 4 is 11.6 Å². The topological polar surface area (TPSA) is 21.7 Å². The fourth-order valence-electron chi connectivity index (χ4n) is 2.66. The van der Waals surface area contributed by atoms with E-state index in [1.165, 1.54) is 11.1 Å². The Labute approximate surface area is 145 Å². The third-order valence-electron chi connectivity index (χ3n) is 4.16. The van der Waals surface area contributed by atoms with Crippen LogP contribution in [0, 0.1) is 0 Å². The predicted octanol–water partition coefficient (Wildman–Crippen LogP) is 4.59. The summed E-state index contributed by atoms with van der Waals surface area (Å²) in [6.45, 7) is 7.33. The monoisotopic (exact) mass is 325 g/mol. The molecular weight excluding hydrogens is 298 g/mol. The number of nitrogens with zero attached hydrogens (tertiary/aromatic N) is 1. The first kappa shape index (κ1) is 18.1. The van der Waals surface area contributed by atoms with Gasteiger partial charge < -0.3 is 9.47 Å². The number of likely N-dealkylation sites (N-methyl/N-ethyl adjacent to an activating group) is 1. The minimum atomic E-state index is 0.872. The van der Waals surface area contributed by atoms with E-state index in [0.717, 1.165) is 36.7 Å². The first-order valence-electron chi connectivity index (χ1n) is 8.41. The molecule has 0 aliphatic heterocycles. The van der Waals surface area contributed by atoms with Crippen molar-refractivity contribution < 1.29 is 9.47 Å². The molecule has 24 heavy (non-hydrogen) atoms. The molecule has 0 aliphatic rings. The van der Waals surface area contributed by atoms with Gasteiger partial charge in [-0.05, 0) is 60.1 Å². The van der Waals surface area contributed by atoms with Gasteiger partial charge in [0.1, 0.15) is 11.5 Å². The van der Waals surface area contributed by atoms with E-state index in [-0.39, 0.29) is 0 Å². The van der Waals surface area contributed by atoms with E-state index >= 15 is 0 Å². The Hall–Kier alpha value is -2.26. The smallest absolute Gasteiger partial charge is 0.119 e. The van der Waals surface area contributed by atoms with Crippen molar-refractivity contribution in [2.75, 3.05) is 33.9 Å². The van der Waals surface area contributed by atoms with Crippen LogP contribution >= 0.6 is 0 Å². The molecule has 128 valence electrons. The Morgan fingerprint density at radius 1 is 0.917 bits per heavy atom. The number of hydrogen-bond donors (Lipinski definition) is 0. The SMILES string of the molecule is CCN(CC)C/C(=C\c1cccc(OC)c1)c1cccc(OC)c1. The lowest BCUT2D eigenvalue weighted by Gasteiger charge is -2.21. The van der Waals surface area contributed by atoms with Gasteiger partial charge in [0.05, 0.1) is 14.2 Å². The standard InChI is InChI=1S/C21H27NO2/c1-5-22(6-2)16-19(18-10-8-12-21(15-18)24-4)13-17-9-7-11-20(14-17)23-3/h7-15H,5-6,16H2,1-4H3/b19-13+. The molecule has 0 saturated carbocycles. The van der Waals surface area contributed by atoms with Crippen molar-refractivity contribution in [2.24, 2.45) is 0 Å². The fraction of sp³-hybridized carbons (Fsp3) is 0.333. The summed E-state index contributed by atoms with van der Waals surface area (Å²) in [5.41, 5.74) is 3.59. The third kappa shape index (κ3) is 4.87. The zero-order chi connectivity index (χ0) is 17.4. The quantitative estimate of drug-likeness (QED) is 0.663. The Balaban J connectivity index is 2.42. The van der Waals surface area contributed by atoms with E-state index in [1.807, 2.05) is 24.3 Å². The minimum absolute atomic E-state index is 0.872. The van der Waals surface area contributed by atoms with Crippen LogP contribution in [-0.4, -0.2) is 38.8 Å². The van der Waals surface area contributed by atoms with Crippen molar-refractivity contribution in [3.05, 3.63) is 59.7 Å². The van der Waals surface area contributed by atoms with E-state index in [0.29, 0.717) is 0 Å². The number of methoxy groups -OCH3 is 2. The maximum Gasteiger partial charge on any atom is 0.119 e. The number of benzene rings is 2. The first-order valence-corrected chi connectivity index (χ1v) is 8.41. The van der Waals surface area contributed by atoms with Crippen LogP contribution in [0.15, 0.2) is 48.5 Å². The molecule has 0 fully saturated rings. The number of ether oxygens (including phenoxy) is 2. The largest absolute Gasteiger partial charge is 0.497 e. The van der Waals surface area contributed by atoms with Crippen LogP contribution < -0.4 is 9.47 Å². The molecule has 0 aliphatic carbocycles. The van der Waals surface area contributed by atoms with Crippen LogP contribution in [0.5, 0.6) is 11.5 Å². The highest BCUT2D eigenvalue weighted by atomic mass is 16.5. The second-order valence-electron chi connectivity index (χ2n) is 5.64. The van der Waals surface area contributed by atoms with E-state index in [9.17, 15) is 0 Å². The van der Waals surface area contributed by atoms with Crippen LogP contribution in [0.3, 0.4) is 0 Å². The Kier molecular flexibility index (Phi) is 6.89. The lowest BCUT2D eigenvalue weighted by atomic mass is 10.0. The average Bonchev–Trinajstić information content (AvgIpc) is 2.65. The molecule has 2 rings (SSSR count). The third-order valence-corrected chi connectivity index (χ3v) is 4.16. The van der Waals surface area contributed by atoms with E-state index in [2.05, 4.69) is 49.1 Å². The maximum atomic E-state index is 5.39. The van der Waals surface area contributed by atoms with E-state index in [1.54, 1.807) is 14.2 Å². The summed E-state index contributed by atoms with van der Waals surface area (Å²) in [7, 11) is 3.40. The zero-order valence-electron chi connectivity index (χ0n) is 15.1. The van der Waals surface area contributed by atoms with Crippen LogP contribution in [0.1, 0.15) is 25.0 Å². The lowest BCUT2D eigenvalue weighted by molar-refractivity contribution is 0.342. The molecule has 0 bridgehead atoms. The van der Waals surface area contributed by atoms with E-state index in [4.69, 9.17) is 9.47 Å². The second-order valence-corrected chi connectivity index (χ2v) is 5.64. The van der Waals surface area contributed by atoms with Crippen molar-refractivity contribution in [2.45, 2.75) is 13.8 Å². The molecule has 0 unspecified atom stereocenters. The highest BCUT2D eigenvalue weighted by Crippen LogP contribution is 2.24. The van der Waals surface area contributed by atoms with Gasteiger partial charge in [-0.2, -0.15) is 0 Å². The highest BCUT2D eigenvalue weighted by molar-refractivity contribution is 5.83. The molecule has 0 amide bonds. The average molecular weight is 325 g/mol. The van der Waals surface area contributed by atoms with Crippen LogP contribution in [0.25, 0.3) is 11.6 Å². The molecule has 0 heterocycles. The summed E-state index contributed by atoms with van der Waals surface area (Å²) in [4.78, 5) is 2.41. The fourth-order valence-corrected chi connectivity index (χ4v) is 2.66. The molecule has 0 aromatic heterocycles. The van der Waals surface area contributed by atoms with Gasteiger partial charge in [0.15, 0.2) is 0 Å². The molecule has 0 N–H and O–H groups in total. The van der Waals surface area contributed by atoms with Gasteiger partial charge in [-0.15, -0.1) is 0 Å². The summed E-state index contributed by atoms with van der Waals surface area (Å²) in [5.74, 6) is 1.75. The van der Waals surface area contributed by atoms with Crippen LogP contribution in [-0.2, 0) is 0 Å². The molecule has 2 aromatic rings. The highest BCUT2D eigenvalue weighted by Gasteiger charge is 2.08. The summed E-state index contributed by atoms with van der Waals surface area (Å²) in [5, 5.41) is 0. The van der Waals surface area contributed by atoms with Gasteiger partial charge in [-0.3, -0.25) is 4.90 Å². The van der Waals surface area contributed by atoms with Crippen LogP contribution in [0.2, 0.25) is 0 Å². The van der Waals surface area contributed by atoms with Crippen molar-refractivity contribution in [3.8, 4) is 11.5 Å². The molecule has 3 heteroatoms. The normalized spacial score (nSPS) is 11.6. The van der Waals surface area contributed by atoms with Gasteiger partial charge in [0, 0.05) is 6.54 Å². The van der Waals surface area contributed by atoms with Crippen molar-refractivity contribution in [3.63, 3.8) is 0 Å². The molecule has 0 saturated heterocycles. The van der Waals surface area contributed by atoms with Crippen molar-refractivity contribution in [1.82, 2.24) is 4.90 Å². The molecule has 0 radical (unpaired) electrons. The summed E-state index contributed by atoms with van der Waals surface area (Å²) in [6, 6.07) is 16.4. The molecule has 0 atom stereocenters. The number of hydrogen-bond acceptors (Lipinski definition) is 3. The van der Waals surface area contributed by atoms with E-state index < -0.39 is 0 Å². The molecule has 2 aromatic carbocycles. The number of rotatable bonds is 8. The molecule has 3 nitrogen and oxygen atoms in total. The van der Waals surface area contributed by atoms with Gasteiger partial charge in [-0.25, -0.2) is 0 Å². The predicted molar refractivity (Wildman–Crippen MR) is 102 cm³/mol. The Morgan fingerprint density at radius 3 is 2.17 bits per heavy atom. The minimum Gasteiger partial charge on any atom is -0.497 e.